The molecule has 1 rings (SSSR count). The Hall–Kier alpha value is -0.563. The SMILES string of the molecule is CCCCc1ccc([SiH3])c(CCCC)c1CCCC. The van der Waals surface area contributed by atoms with Gasteiger partial charge in [-0.15, -0.1) is 0 Å². The van der Waals surface area contributed by atoms with Crippen LogP contribution in [0.4, 0.5) is 0 Å². The molecule has 0 amide bonds. The number of rotatable bonds is 9. The molecule has 0 radical (unpaired) electrons. The standard InChI is InChI=1S/C18H32Si/c1-4-7-10-15-13-14-18(19)17(12-9-6-3)16(15)11-8-5-2/h13-14H,4-12H2,1-3,19H3. The number of benzene rings is 1. The van der Waals surface area contributed by atoms with Crippen molar-refractivity contribution in [2.75, 3.05) is 0 Å². The minimum absolute atomic E-state index is 1.20. The highest BCUT2D eigenvalue weighted by Gasteiger charge is 2.10. The van der Waals surface area contributed by atoms with E-state index in [1.807, 2.05) is 0 Å². The Morgan fingerprint density at radius 3 is 1.84 bits per heavy atom. The Bertz CT molecular complexity index is 368. The van der Waals surface area contributed by atoms with Gasteiger partial charge in [-0.3, -0.25) is 0 Å². The van der Waals surface area contributed by atoms with Gasteiger partial charge in [0.1, 0.15) is 0 Å². The molecule has 19 heavy (non-hydrogen) atoms. The number of aryl methyl sites for hydroxylation is 1. The van der Waals surface area contributed by atoms with Crippen LogP contribution in [-0.4, -0.2) is 10.2 Å². The first-order valence-electron chi connectivity index (χ1n) is 8.34. The van der Waals surface area contributed by atoms with Crippen molar-refractivity contribution in [3.63, 3.8) is 0 Å². The van der Waals surface area contributed by atoms with Gasteiger partial charge in [-0.25, -0.2) is 0 Å². The van der Waals surface area contributed by atoms with Gasteiger partial charge < -0.3 is 0 Å². The Kier molecular flexibility index (Phi) is 8.12. The summed E-state index contributed by atoms with van der Waals surface area (Å²) in [6.45, 7) is 6.91. The lowest BCUT2D eigenvalue weighted by atomic mass is 9.91. The van der Waals surface area contributed by atoms with Crippen LogP contribution in [0.5, 0.6) is 0 Å². The predicted molar refractivity (Wildman–Crippen MR) is 91.9 cm³/mol. The lowest BCUT2D eigenvalue weighted by Gasteiger charge is -2.17. The van der Waals surface area contributed by atoms with E-state index >= 15 is 0 Å². The van der Waals surface area contributed by atoms with Gasteiger partial charge in [0.15, 0.2) is 0 Å². The lowest BCUT2D eigenvalue weighted by Crippen LogP contribution is -2.16. The zero-order valence-corrected chi connectivity index (χ0v) is 15.5. The quantitative estimate of drug-likeness (QED) is 0.603. The summed E-state index contributed by atoms with van der Waals surface area (Å²) in [6.07, 6.45) is 11.9. The fraction of sp³-hybridized carbons (Fsp3) is 0.667. The van der Waals surface area contributed by atoms with E-state index in [-0.39, 0.29) is 0 Å². The highest BCUT2D eigenvalue weighted by atomic mass is 28.1. The smallest absolute Gasteiger partial charge is 0.0388 e. The maximum absolute atomic E-state index is 2.43. The van der Waals surface area contributed by atoms with Gasteiger partial charge in [0, 0.05) is 10.2 Å². The average molecular weight is 277 g/mol. The molecule has 0 atom stereocenters. The first-order valence-corrected chi connectivity index (χ1v) is 9.34. The van der Waals surface area contributed by atoms with Crippen LogP contribution in [0.1, 0.15) is 76.0 Å². The number of hydrogen-bond donors (Lipinski definition) is 0. The summed E-state index contributed by atoms with van der Waals surface area (Å²) in [7, 11) is 1.20. The summed E-state index contributed by atoms with van der Waals surface area (Å²) >= 11 is 0. The second-order valence-electron chi connectivity index (χ2n) is 5.81. The van der Waals surface area contributed by atoms with Crippen LogP contribution in [0.25, 0.3) is 0 Å². The second-order valence-corrected chi connectivity index (χ2v) is 6.89. The van der Waals surface area contributed by atoms with Crippen molar-refractivity contribution in [1.82, 2.24) is 0 Å². The van der Waals surface area contributed by atoms with Crippen LogP contribution in [0, 0.1) is 0 Å². The molecule has 0 aliphatic carbocycles. The van der Waals surface area contributed by atoms with Crippen LogP contribution < -0.4 is 5.19 Å². The van der Waals surface area contributed by atoms with E-state index < -0.39 is 0 Å². The van der Waals surface area contributed by atoms with Gasteiger partial charge in [-0.1, -0.05) is 57.4 Å². The molecule has 0 heterocycles. The molecule has 1 aromatic rings. The largest absolute Gasteiger partial charge is 0.0673 e. The molecule has 0 nitrogen and oxygen atoms in total. The molecule has 0 spiro atoms. The summed E-state index contributed by atoms with van der Waals surface area (Å²) in [5, 5.41) is 1.65. The fourth-order valence-electron chi connectivity index (χ4n) is 2.83. The molecule has 0 bridgehead atoms. The van der Waals surface area contributed by atoms with Crippen LogP contribution >= 0.6 is 0 Å². The third-order valence-electron chi connectivity index (χ3n) is 4.12. The number of hydrogen-bond acceptors (Lipinski definition) is 0. The van der Waals surface area contributed by atoms with Gasteiger partial charge in [0.25, 0.3) is 0 Å². The fourth-order valence-corrected chi connectivity index (χ4v) is 3.55. The number of unbranched alkanes of at least 4 members (excludes halogenated alkanes) is 3. The van der Waals surface area contributed by atoms with Gasteiger partial charge >= 0.3 is 0 Å². The average Bonchev–Trinajstić information content (AvgIpc) is 2.42. The molecule has 0 aromatic heterocycles. The van der Waals surface area contributed by atoms with Crippen molar-refractivity contribution in [3.05, 3.63) is 28.8 Å². The van der Waals surface area contributed by atoms with Crippen molar-refractivity contribution < 1.29 is 0 Å². The molecule has 0 saturated heterocycles. The highest BCUT2D eigenvalue weighted by Crippen LogP contribution is 2.20. The minimum Gasteiger partial charge on any atom is -0.0673 e. The van der Waals surface area contributed by atoms with Crippen molar-refractivity contribution in [2.45, 2.75) is 78.6 Å². The topological polar surface area (TPSA) is 0 Å². The maximum Gasteiger partial charge on any atom is 0.0388 e. The summed E-state index contributed by atoms with van der Waals surface area (Å²) in [6, 6.07) is 4.84. The molecule has 108 valence electrons. The Morgan fingerprint density at radius 2 is 1.26 bits per heavy atom. The monoisotopic (exact) mass is 276 g/mol. The molecule has 0 N–H and O–H groups in total. The molecule has 0 aliphatic rings. The van der Waals surface area contributed by atoms with Crippen molar-refractivity contribution in [2.24, 2.45) is 0 Å². The summed E-state index contributed by atoms with van der Waals surface area (Å²) in [4.78, 5) is 0. The van der Waals surface area contributed by atoms with E-state index in [0.717, 1.165) is 0 Å². The third kappa shape index (κ3) is 5.14. The van der Waals surface area contributed by atoms with E-state index in [9.17, 15) is 0 Å². The lowest BCUT2D eigenvalue weighted by molar-refractivity contribution is 0.737. The van der Waals surface area contributed by atoms with E-state index in [1.54, 1.807) is 21.9 Å². The molecule has 1 heteroatoms. The zero-order valence-electron chi connectivity index (χ0n) is 13.5. The summed E-state index contributed by atoms with van der Waals surface area (Å²) in [5.74, 6) is 0. The van der Waals surface area contributed by atoms with Crippen LogP contribution in [0.2, 0.25) is 0 Å². The van der Waals surface area contributed by atoms with Crippen LogP contribution in [0.3, 0.4) is 0 Å². The molecular weight excluding hydrogens is 244 g/mol. The van der Waals surface area contributed by atoms with Gasteiger partial charge in [-0.2, -0.15) is 0 Å². The third-order valence-corrected chi connectivity index (χ3v) is 5.06. The Labute approximate surface area is 123 Å². The maximum atomic E-state index is 2.43. The summed E-state index contributed by atoms with van der Waals surface area (Å²) in [5.41, 5.74) is 5.12. The van der Waals surface area contributed by atoms with Crippen molar-refractivity contribution in [1.29, 1.82) is 0 Å². The predicted octanol–water partition coefficient (Wildman–Crippen LogP) is 3.71. The van der Waals surface area contributed by atoms with Crippen LogP contribution in [-0.2, 0) is 19.3 Å². The normalized spacial score (nSPS) is 11.1. The summed E-state index contributed by atoms with van der Waals surface area (Å²) < 4.78 is 0. The molecule has 0 fully saturated rings. The van der Waals surface area contributed by atoms with E-state index in [2.05, 4.69) is 32.9 Å². The van der Waals surface area contributed by atoms with Crippen molar-refractivity contribution in [3.8, 4) is 0 Å². The first-order chi connectivity index (χ1) is 9.24. The van der Waals surface area contributed by atoms with E-state index in [1.165, 1.54) is 68.0 Å². The molecule has 1 aromatic carbocycles. The second kappa shape index (κ2) is 9.36. The Morgan fingerprint density at radius 1 is 0.737 bits per heavy atom. The van der Waals surface area contributed by atoms with Gasteiger partial charge in [0.05, 0.1) is 0 Å². The Balaban J connectivity index is 3.00. The van der Waals surface area contributed by atoms with Crippen LogP contribution in [0.15, 0.2) is 12.1 Å². The first kappa shape index (κ1) is 16.5. The van der Waals surface area contributed by atoms with Gasteiger partial charge in [0.2, 0.25) is 0 Å². The van der Waals surface area contributed by atoms with E-state index in [4.69, 9.17) is 0 Å². The molecular formula is C18H32Si. The van der Waals surface area contributed by atoms with E-state index in [0.29, 0.717) is 0 Å². The molecule has 0 saturated carbocycles. The molecule has 0 aliphatic heterocycles. The highest BCUT2D eigenvalue weighted by molar-refractivity contribution is 6.33. The zero-order chi connectivity index (χ0) is 14.1. The molecule has 0 unspecified atom stereocenters. The minimum atomic E-state index is 1.20. The van der Waals surface area contributed by atoms with Crippen molar-refractivity contribution >= 4 is 15.4 Å². The van der Waals surface area contributed by atoms with Gasteiger partial charge in [-0.05, 0) is 55.2 Å².